The van der Waals surface area contributed by atoms with Gasteiger partial charge in [0.1, 0.15) is 11.6 Å². The summed E-state index contributed by atoms with van der Waals surface area (Å²) in [7, 11) is 1.67. The molecule has 0 aliphatic rings. The third-order valence-electron chi connectivity index (χ3n) is 3.70. The second-order valence-corrected chi connectivity index (χ2v) is 5.18. The highest BCUT2D eigenvalue weighted by atomic mass is 19.1. The molecular formula is C18H22FNO. The highest BCUT2D eigenvalue weighted by Gasteiger charge is 2.14. The van der Waals surface area contributed by atoms with E-state index in [4.69, 9.17) is 4.74 Å². The molecule has 0 aliphatic carbocycles. The van der Waals surface area contributed by atoms with Crippen LogP contribution in [-0.4, -0.2) is 7.11 Å². The van der Waals surface area contributed by atoms with E-state index < -0.39 is 0 Å². The van der Waals surface area contributed by atoms with Crippen molar-refractivity contribution < 1.29 is 9.13 Å². The summed E-state index contributed by atoms with van der Waals surface area (Å²) in [6, 6.07) is 15.1. The lowest BCUT2D eigenvalue weighted by Crippen LogP contribution is -2.24. The van der Waals surface area contributed by atoms with Crippen molar-refractivity contribution in [1.82, 2.24) is 5.32 Å². The second-order valence-electron chi connectivity index (χ2n) is 5.18. The molecule has 0 aliphatic heterocycles. The van der Waals surface area contributed by atoms with Gasteiger partial charge in [-0.15, -0.1) is 0 Å². The summed E-state index contributed by atoms with van der Waals surface area (Å²) < 4.78 is 18.6. The van der Waals surface area contributed by atoms with Crippen LogP contribution in [0.25, 0.3) is 0 Å². The van der Waals surface area contributed by atoms with Gasteiger partial charge in [-0.25, -0.2) is 4.39 Å². The molecule has 2 atom stereocenters. The minimum Gasteiger partial charge on any atom is -0.497 e. The third-order valence-corrected chi connectivity index (χ3v) is 3.70. The van der Waals surface area contributed by atoms with E-state index in [1.165, 1.54) is 6.07 Å². The summed E-state index contributed by atoms with van der Waals surface area (Å²) in [6.07, 6.45) is 0.901. The van der Waals surface area contributed by atoms with Crippen LogP contribution in [0.3, 0.4) is 0 Å². The van der Waals surface area contributed by atoms with Gasteiger partial charge >= 0.3 is 0 Å². The fraction of sp³-hybridized carbons (Fsp3) is 0.333. The molecule has 3 heteroatoms. The maximum Gasteiger partial charge on any atom is 0.123 e. The topological polar surface area (TPSA) is 21.3 Å². The standard InChI is InChI=1S/C18H22FNO/c1-4-18(15-8-5-9-16(19)11-15)20-13(2)14-7-6-10-17(12-14)21-3/h5-13,18,20H,4H2,1-3H3. The fourth-order valence-corrected chi connectivity index (χ4v) is 2.48. The number of ether oxygens (including phenoxy) is 1. The molecular weight excluding hydrogens is 265 g/mol. The Morgan fingerprint density at radius 3 is 2.48 bits per heavy atom. The molecule has 0 saturated heterocycles. The largest absolute Gasteiger partial charge is 0.497 e. The molecule has 0 fully saturated rings. The van der Waals surface area contributed by atoms with E-state index in [0.717, 1.165) is 23.3 Å². The first kappa shape index (κ1) is 15.5. The van der Waals surface area contributed by atoms with Gasteiger partial charge in [0.2, 0.25) is 0 Å². The van der Waals surface area contributed by atoms with Gasteiger partial charge < -0.3 is 10.1 Å². The Kier molecular flexibility index (Phi) is 5.34. The smallest absolute Gasteiger partial charge is 0.123 e. The summed E-state index contributed by atoms with van der Waals surface area (Å²) >= 11 is 0. The Bertz CT molecular complexity index is 585. The molecule has 1 N–H and O–H groups in total. The van der Waals surface area contributed by atoms with E-state index in [2.05, 4.69) is 25.2 Å². The predicted molar refractivity (Wildman–Crippen MR) is 84.0 cm³/mol. The molecule has 2 aromatic rings. The van der Waals surface area contributed by atoms with Crippen LogP contribution in [0.4, 0.5) is 4.39 Å². The predicted octanol–water partition coefficient (Wildman–Crippen LogP) is 4.64. The van der Waals surface area contributed by atoms with Crippen LogP contribution < -0.4 is 10.1 Å². The van der Waals surface area contributed by atoms with E-state index in [0.29, 0.717) is 0 Å². The summed E-state index contributed by atoms with van der Waals surface area (Å²) in [6.45, 7) is 4.21. The van der Waals surface area contributed by atoms with Crippen LogP contribution in [0.2, 0.25) is 0 Å². The number of halogens is 1. The molecule has 0 saturated carbocycles. The summed E-state index contributed by atoms with van der Waals surface area (Å²) in [4.78, 5) is 0. The van der Waals surface area contributed by atoms with Crippen molar-refractivity contribution in [3.05, 3.63) is 65.5 Å². The van der Waals surface area contributed by atoms with Crippen LogP contribution in [0.1, 0.15) is 43.5 Å². The van der Waals surface area contributed by atoms with Crippen molar-refractivity contribution in [3.8, 4) is 5.75 Å². The number of benzene rings is 2. The van der Waals surface area contributed by atoms with Crippen molar-refractivity contribution in [2.45, 2.75) is 32.4 Å². The minimum atomic E-state index is -0.193. The lowest BCUT2D eigenvalue weighted by molar-refractivity contribution is 0.411. The van der Waals surface area contributed by atoms with Crippen LogP contribution in [0.15, 0.2) is 48.5 Å². The molecule has 0 heterocycles. The molecule has 0 bridgehead atoms. The fourth-order valence-electron chi connectivity index (χ4n) is 2.48. The highest BCUT2D eigenvalue weighted by Crippen LogP contribution is 2.24. The van der Waals surface area contributed by atoms with Gasteiger partial charge in [-0.2, -0.15) is 0 Å². The number of hydrogen-bond donors (Lipinski definition) is 1. The molecule has 0 aromatic heterocycles. The van der Waals surface area contributed by atoms with Crippen molar-refractivity contribution in [3.63, 3.8) is 0 Å². The molecule has 0 radical (unpaired) electrons. The summed E-state index contributed by atoms with van der Waals surface area (Å²) in [5.41, 5.74) is 2.14. The minimum absolute atomic E-state index is 0.127. The normalized spacial score (nSPS) is 13.7. The Morgan fingerprint density at radius 1 is 1.10 bits per heavy atom. The Labute approximate surface area is 126 Å². The molecule has 2 unspecified atom stereocenters. The van der Waals surface area contributed by atoms with Gasteiger partial charge in [-0.3, -0.25) is 0 Å². The Morgan fingerprint density at radius 2 is 1.81 bits per heavy atom. The van der Waals surface area contributed by atoms with Gasteiger partial charge in [0.05, 0.1) is 7.11 Å². The van der Waals surface area contributed by atoms with Crippen molar-refractivity contribution in [1.29, 1.82) is 0 Å². The molecule has 0 spiro atoms. The summed E-state index contributed by atoms with van der Waals surface area (Å²) in [5.74, 6) is 0.654. The van der Waals surface area contributed by atoms with E-state index in [1.54, 1.807) is 19.2 Å². The van der Waals surface area contributed by atoms with Crippen molar-refractivity contribution in [2.24, 2.45) is 0 Å². The highest BCUT2D eigenvalue weighted by molar-refractivity contribution is 5.30. The SMILES string of the molecule is CCC(NC(C)c1cccc(OC)c1)c1cccc(F)c1. The van der Waals surface area contributed by atoms with E-state index >= 15 is 0 Å². The third kappa shape index (κ3) is 4.05. The average molecular weight is 287 g/mol. The quantitative estimate of drug-likeness (QED) is 0.836. The molecule has 112 valence electrons. The number of rotatable bonds is 6. The first-order chi connectivity index (χ1) is 10.1. The number of methoxy groups -OCH3 is 1. The first-order valence-electron chi connectivity index (χ1n) is 7.29. The number of nitrogens with one attached hydrogen (secondary N) is 1. The van der Waals surface area contributed by atoms with Crippen LogP contribution in [0, 0.1) is 5.82 Å². The van der Waals surface area contributed by atoms with Gasteiger partial charge in [0.25, 0.3) is 0 Å². The molecule has 2 rings (SSSR count). The van der Waals surface area contributed by atoms with Gasteiger partial charge in [-0.05, 0) is 48.7 Å². The van der Waals surface area contributed by atoms with Crippen molar-refractivity contribution >= 4 is 0 Å². The molecule has 21 heavy (non-hydrogen) atoms. The van der Waals surface area contributed by atoms with Gasteiger partial charge in [0, 0.05) is 12.1 Å². The molecule has 0 amide bonds. The van der Waals surface area contributed by atoms with E-state index in [-0.39, 0.29) is 17.9 Å². The maximum atomic E-state index is 13.4. The van der Waals surface area contributed by atoms with E-state index in [9.17, 15) is 4.39 Å². The monoisotopic (exact) mass is 287 g/mol. The van der Waals surface area contributed by atoms with Crippen LogP contribution >= 0.6 is 0 Å². The van der Waals surface area contributed by atoms with Gasteiger partial charge in [-0.1, -0.05) is 31.2 Å². The average Bonchev–Trinajstić information content (AvgIpc) is 2.52. The molecule has 2 nitrogen and oxygen atoms in total. The van der Waals surface area contributed by atoms with E-state index in [1.807, 2.05) is 24.3 Å². The Balaban J connectivity index is 2.14. The molecule has 2 aromatic carbocycles. The van der Waals surface area contributed by atoms with Crippen molar-refractivity contribution in [2.75, 3.05) is 7.11 Å². The van der Waals surface area contributed by atoms with Crippen LogP contribution in [0.5, 0.6) is 5.75 Å². The zero-order valence-electron chi connectivity index (χ0n) is 12.8. The first-order valence-corrected chi connectivity index (χ1v) is 7.29. The zero-order chi connectivity index (χ0) is 15.2. The lowest BCUT2D eigenvalue weighted by Gasteiger charge is -2.23. The Hall–Kier alpha value is -1.87. The van der Waals surface area contributed by atoms with Gasteiger partial charge in [0.15, 0.2) is 0 Å². The maximum absolute atomic E-state index is 13.4. The number of hydrogen-bond acceptors (Lipinski definition) is 2. The second kappa shape index (κ2) is 7.23. The lowest BCUT2D eigenvalue weighted by atomic mass is 10.0. The summed E-state index contributed by atoms with van der Waals surface area (Å²) in [5, 5.41) is 3.56. The van der Waals surface area contributed by atoms with Crippen LogP contribution in [-0.2, 0) is 0 Å². The zero-order valence-corrected chi connectivity index (χ0v) is 12.8.